The largest absolute Gasteiger partial charge is 0.357 e. The molecule has 0 amide bonds. The Bertz CT molecular complexity index is 546. The number of aliphatic imine (C=N–C) groups is 1. The van der Waals surface area contributed by atoms with Gasteiger partial charge in [0, 0.05) is 19.1 Å². The molecular formula is C18H33N3O2S. The first-order chi connectivity index (χ1) is 11.6. The molecule has 0 aromatic carbocycles. The maximum absolute atomic E-state index is 11.6. The third kappa shape index (κ3) is 4.87. The normalized spacial score (nSPS) is 36.1. The van der Waals surface area contributed by atoms with Gasteiger partial charge < -0.3 is 10.6 Å². The molecule has 1 saturated heterocycles. The highest BCUT2D eigenvalue weighted by Crippen LogP contribution is 2.40. The Morgan fingerprint density at radius 3 is 2.58 bits per heavy atom. The van der Waals surface area contributed by atoms with E-state index in [4.69, 9.17) is 0 Å². The minimum Gasteiger partial charge on any atom is -0.357 e. The Morgan fingerprint density at radius 1 is 1.08 bits per heavy atom. The summed E-state index contributed by atoms with van der Waals surface area (Å²) in [4.78, 5) is 4.69. The summed E-state index contributed by atoms with van der Waals surface area (Å²) in [5.41, 5.74) is 0. The van der Waals surface area contributed by atoms with E-state index in [1.54, 1.807) is 0 Å². The van der Waals surface area contributed by atoms with Gasteiger partial charge in [0.15, 0.2) is 15.8 Å². The molecule has 4 atom stereocenters. The van der Waals surface area contributed by atoms with Gasteiger partial charge in [-0.3, -0.25) is 4.99 Å². The van der Waals surface area contributed by atoms with Crippen LogP contribution in [0.1, 0.15) is 58.3 Å². The number of fused-ring (bicyclic) bond motifs is 1. The average Bonchev–Trinajstić information content (AvgIpc) is 2.92. The van der Waals surface area contributed by atoms with Gasteiger partial charge in [-0.25, -0.2) is 8.42 Å². The highest BCUT2D eigenvalue weighted by molar-refractivity contribution is 7.91. The molecule has 3 aliphatic rings. The second-order valence-corrected chi connectivity index (χ2v) is 10.2. The molecule has 2 aliphatic carbocycles. The van der Waals surface area contributed by atoms with Crippen LogP contribution < -0.4 is 10.6 Å². The fourth-order valence-electron chi connectivity index (χ4n) is 4.75. The number of hydrogen-bond acceptors (Lipinski definition) is 3. The summed E-state index contributed by atoms with van der Waals surface area (Å²) >= 11 is 0. The van der Waals surface area contributed by atoms with Gasteiger partial charge >= 0.3 is 0 Å². The number of guanidine groups is 1. The van der Waals surface area contributed by atoms with Crippen LogP contribution in [0.15, 0.2) is 4.99 Å². The summed E-state index contributed by atoms with van der Waals surface area (Å²) in [5, 5.41) is 6.96. The Balaban J connectivity index is 1.52. The molecule has 1 aliphatic heterocycles. The number of nitrogens with zero attached hydrogens (tertiary/aromatic N) is 1. The van der Waals surface area contributed by atoms with Crippen LogP contribution in [0.2, 0.25) is 0 Å². The lowest BCUT2D eigenvalue weighted by molar-refractivity contribution is 0.150. The number of hydrogen-bond donors (Lipinski definition) is 2. The van der Waals surface area contributed by atoms with Crippen molar-refractivity contribution in [3.63, 3.8) is 0 Å². The van der Waals surface area contributed by atoms with Crippen molar-refractivity contribution in [2.24, 2.45) is 22.7 Å². The maximum Gasteiger partial charge on any atom is 0.191 e. The number of rotatable bonds is 4. The van der Waals surface area contributed by atoms with Crippen molar-refractivity contribution in [2.45, 2.75) is 64.3 Å². The predicted octanol–water partition coefficient (Wildman–Crippen LogP) is 2.34. The predicted molar refractivity (Wildman–Crippen MR) is 99.0 cm³/mol. The summed E-state index contributed by atoms with van der Waals surface area (Å²) in [7, 11) is -2.81. The van der Waals surface area contributed by atoms with Gasteiger partial charge in [-0.2, -0.15) is 0 Å². The van der Waals surface area contributed by atoms with Crippen molar-refractivity contribution in [1.29, 1.82) is 0 Å². The summed E-state index contributed by atoms with van der Waals surface area (Å²) in [6, 6.07) is 0.523. The quantitative estimate of drug-likeness (QED) is 0.600. The first-order valence-electron chi connectivity index (χ1n) is 9.81. The first kappa shape index (κ1) is 18.0. The van der Waals surface area contributed by atoms with Crippen molar-refractivity contribution in [1.82, 2.24) is 10.6 Å². The van der Waals surface area contributed by atoms with Crippen molar-refractivity contribution in [2.75, 3.05) is 24.6 Å². The fraction of sp³-hybridized carbons (Fsp3) is 0.944. The molecule has 5 nitrogen and oxygen atoms in total. The van der Waals surface area contributed by atoms with Gasteiger partial charge in [-0.1, -0.05) is 25.7 Å². The van der Waals surface area contributed by atoms with E-state index in [1.165, 1.54) is 44.9 Å². The summed E-state index contributed by atoms with van der Waals surface area (Å²) in [6.45, 7) is 3.54. The summed E-state index contributed by atoms with van der Waals surface area (Å²) in [6.07, 6.45) is 10.3. The van der Waals surface area contributed by atoms with E-state index in [2.05, 4.69) is 22.5 Å². The highest BCUT2D eigenvalue weighted by atomic mass is 32.2. The smallest absolute Gasteiger partial charge is 0.191 e. The zero-order chi connectivity index (χ0) is 17.0. The number of sulfone groups is 1. The zero-order valence-corrected chi connectivity index (χ0v) is 15.8. The molecule has 2 N–H and O–H groups in total. The van der Waals surface area contributed by atoms with E-state index < -0.39 is 9.84 Å². The molecule has 138 valence electrons. The van der Waals surface area contributed by atoms with E-state index in [-0.39, 0.29) is 5.92 Å². The van der Waals surface area contributed by atoms with Crippen molar-refractivity contribution < 1.29 is 8.42 Å². The van der Waals surface area contributed by atoms with Gasteiger partial charge in [-0.15, -0.1) is 0 Å². The fourth-order valence-corrected chi connectivity index (χ4v) is 6.60. The first-order valence-corrected chi connectivity index (χ1v) is 11.6. The third-order valence-corrected chi connectivity index (χ3v) is 7.90. The zero-order valence-electron chi connectivity index (χ0n) is 15.0. The average molecular weight is 356 g/mol. The maximum atomic E-state index is 11.6. The van der Waals surface area contributed by atoms with Gasteiger partial charge in [-0.05, 0) is 50.4 Å². The van der Waals surface area contributed by atoms with Crippen molar-refractivity contribution >= 4 is 15.8 Å². The van der Waals surface area contributed by atoms with Crippen molar-refractivity contribution in [3.8, 4) is 0 Å². The molecule has 1 heterocycles. The summed E-state index contributed by atoms with van der Waals surface area (Å²) in [5.74, 6) is 3.57. The molecule has 0 spiro atoms. The lowest BCUT2D eigenvalue weighted by Gasteiger charge is -2.39. The molecule has 2 saturated carbocycles. The van der Waals surface area contributed by atoms with Crippen molar-refractivity contribution in [3.05, 3.63) is 0 Å². The molecule has 6 heteroatoms. The van der Waals surface area contributed by atoms with Crippen LogP contribution in [0.5, 0.6) is 0 Å². The minimum atomic E-state index is -2.81. The van der Waals surface area contributed by atoms with E-state index in [0.29, 0.717) is 24.1 Å². The van der Waals surface area contributed by atoms with Crippen LogP contribution >= 0.6 is 0 Å². The highest BCUT2D eigenvalue weighted by Gasteiger charge is 2.32. The van der Waals surface area contributed by atoms with Crippen LogP contribution in [-0.2, 0) is 9.84 Å². The Hall–Kier alpha value is -0.780. The Kier molecular flexibility index (Phi) is 6.06. The molecule has 3 rings (SSSR count). The SMILES string of the molecule is CCNC(=NCC1CCS(=O)(=O)C1)NC1CCC2CCCCC2C1. The Morgan fingerprint density at radius 2 is 1.88 bits per heavy atom. The summed E-state index contributed by atoms with van der Waals surface area (Å²) < 4.78 is 23.2. The van der Waals surface area contributed by atoms with Crippen LogP contribution in [-0.4, -0.2) is 45.0 Å². The number of nitrogens with one attached hydrogen (secondary N) is 2. The minimum absolute atomic E-state index is 0.194. The molecule has 4 unspecified atom stereocenters. The van der Waals surface area contributed by atoms with E-state index in [0.717, 1.165) is 30.8 Å². The van der Waals surface area contributed by atoms with E-state index in [9.17, 15) is 8.42 Å². The second-order valence-electron chi connectivity index (χ2n) is 7.95. The second kappa shape index (κ2) is 8.07. The van der Waals surface area contributed by atoms with Gasteiger partial charge in [0.05, 0.1) is 11.5 Å². The van der Waals surface area contributed by atoms with E-state index >= 15 is 0 Å². The molecule has 3 fully saturated rings. The van der Waals surface area contributed by atoms with Gasteiger partial charge in [0.1, 0.15) is 0 Å². The Labute approximate surface area is 147 Å². The lowest BCUT2D eigenvalue weighted by atomic mass is 9.69. The van der Waals surface area contributed by atoms with Gasteiger partial charge in [0.25, 0.3) is 0 Å². The lowest BCUT2D eigenvalue weighted by Crippen LogP contribution is -2.47. The molecule has 0 aromatic rings. The topological polar surface area (TPSA) is 70.6 Å². The molecule has 24 heavy (non-hydrogen) atoms. The molecular weight excluding hydrogens is 322 g/mol. The van der Waals surface area contributed by atoms with E-state index in [1.807, 2.05) is 0 Å². The van der Waals surface area contributed by atoms with Crippen LogP contribution in [0.25, 0.3) is 0 Å². The van der Waals surface area contributed by atoms with Crippen LogP contribution in [0.4, 0.5) is 0 Å². The molecule has 0 radical (unpaired) electrons. The third-order valence-electron chi connectivity index (χ3n) is 6.06. The van der Waals surface area contributed by atoms with Crippen LogP contribution in [0, 0.1) is 17.8 Å². The standard InChI is InChI=1S/C18H33N3O2S/c1-2-19-18(20-12-14-9-10-24(22,23)13-14)21-17-8-7-15-5-3-4-6-16(15)11-17/h14-17H,2-13H2,1H3,(H2,19,20,21). The molecule has 0 bridgehead atoms. The van der Waals surface area contributed by atoms with Gasteiger partial charge in [0.2, 0.25) is 0 Å². The monoisotopic (exact) mass is 355 g/mol. The molecule has 0 aromatic heterocycles. The van der Waals surface area contributed by atoms with Crippen LogP contribution in [0.3, 0.4) is 0 Å².